The molecule has 2 aromatic carbocycles. The molecule has 0 heterocycles. The summed E-state index contributed by atoms with van der Waals surface area (Å²) < 4.78 is 31.2. The molecule has 0 aromatic heterocycles. The topological polar surface area (TPSA) is 111 Å². The predicted molar refractivity (Wildman–Crippen MR) is 98.5 cm³/mol. The maximum Gasteiger partial charge on any atom is 0.293 e. The molecule has 26 heavy (non-hydrogen) atoms. The number of sulfonamides is 1. The smallest absolute Gasteiger partial charge is 0.293 e. The summed E-state index contributed by atoms with van der Waals surface area (Å²) in [6.07, 6.45) is 0.653. The van der Waals surface area contributed by atoms with E-state index in [0.717, 1.165) is 11.6 Å². The summed E-state index contributed by atoms with van der Waals surface area (Å²) >= 11 is 0. The Balaban J connectivity index is 1.87. The Morgan fingerprint density at radius 3 is 2.54 bits per heavy atom. The molecule has 0 radical (unpaired) electrons. The Kier molecular flexibility index (Phi) is 7.07. The third-order valence-corrected chi connectivity index (χ3v) is 5.05. The molecule has 0 saturated heterocycles. The molecule has 0 bridgehead atoms. The summed E-state index contributed by atoms with van der Waals surface area (Å²) in [6, 6.07) is 13.5. The van der Waals surface area contributed by atoms with Gasteiger partial charge in [0, 0.05) is 19.2 Å². The molecule has 2 N–H and O–H groups in total. The fourth-order valence-electron chi connectivity index (χ4n) is 2.26. The highest BCUT2D eigenvalue weighted by Gasteiger charge is 2.20. The van der Waals surface area contributed by atoms with Crippen molar-refractivity contribution in [3.63, 3.8) is 0 Å². The molecule has 2 aromatic rings. The van der Waals surface area contributed by atoms with Gasteiger partial charge in [-0.25, -0.2) is 13.1 Å². The first kappa shape index (κ1) is 19.8. The van der Waals surface area contributed by atoms with Crippen molar-refractivity contribution in [3.05, 3.63) is 64.2 Å². The number of hydrogen-bond donors (Lipinski definition) is 2. The van der Waals surface area contributed by atoms with Gasteiger partial charge >= 0.3 is 0 Å². The van der Waals surface area contributed by atoms with E-state index < -0.39 is 14.9 Å². The molecule has 0 aliphatic heterocycles. The molecule has 8 nitrogen and oxygen atoms in total. The van der Waals surface area contributed by atoms with Gasteiger partial charge in [-0.1, -0.05) is 30.3 Å². The first-order chi connectivity index (χ1) is 12.4. The van der Waals surface area contributed by atoms with Crippen LogP contribution in [0.4, 0.5) is 11.4 Å². The lowest BCUT2D eigenvalue weighted by atomic mass is 10.2. The molecule has 140 valence electrons. The van der Waals surface area contributed by atoms with Crippen LogP contribution in [-0.4, -0.2) is 33.5 Å². The minimum atomic E-state index is -3.73. The van der Waals surface area contributed by atoms with Gasteiger partial charge in [-0.3, -0.25) is 10.1 Å². The fraction of sp³-hybridized carbons (Fsp3) is 0.294. The van der Waals surface area contributed by atoms with Gasteiger partial charge in [-0.2, -0.15) is 0 Å². The van der Waals surface area contributed by atoms with E-state index in [1.807, 2.05) is 30.3 Å². The summed E-state index contributed by atoms with van der Waals surface area (Å²) in [7, 11) is -2.48. The van der Waals surface area contributed by atoms with Crippen molar-refractivity contribution in [1.82, 2.24) is 4.72 Å². The summed E-state index contributed by atoms with van der Waals surface area (Å²) in [4.78, 5) is 10.4. The molecular weight excluding hydrogens is 358 g/mol. The minimum Gasteiger partial charge on any atom is -0.379 e. The number of nitro benzene ring substituents is 1. The number of hydrogen-bond acceptors (Lipinski definition) is 6. The van der Waals surface area contributed by atoms with Crippen LogP contribution in [0.1, 0.15) is 12.0 Å². The molecule has 2 rings (SSSR count). The monoisotopic (exact) mass is 379 g/mol. The molecule has 0 aliphatic rings. The minimum absolute atomic E-state index is 0.150. The summed E-state index contributed by atoms with van der Waals surface area (Å²) in [5.74, 6) is 0. The Hall–Kier alpha value is -2.49. The molecule has 0 unspecified atom stereocenters. The maximum atomic E-state index is 11.8. The maximum absolute atomic E-state index is 11.8. The second-order valence-corrected chi connectivity index (χ2v) is 7.35. The van der Waals surface area contributed by atoms with E-state index in [1.165, 1.54) is 19.2 Å². The third kappa shape index (κ3) is 5.51. The zero-order valence-corrected chi connectivity index (χ0v) is 15.2. The average molecular weight is 379 g/mol. The van der Waals surface area contributed by atoms with Gasteiger partial charge in [-0.15, -0.1) is 0 Å². The van der Waals surface area contributed by atoms with Crippen LogP contribution in [0.2, 0.25) is 0 Å². The summed E-state index contributed by atoms with van der Waals surface area (Å²) in [5, 5.41) is 14.2. The lowest BCUT2D eigenvalue weighted by Gasteiger charge is -2.09. The molecule has 0 fully saturated rings. The van der Waals surface area contributed by atoms with Crippen LogP contribution in [0, 0.1) is 10.1 Å². The molecule has 0 saturated carbocycles. The third-order valence-electron chi connectivity index (χ3n) is 3.64. The van der Waals surface area contributed by atoms with Crippen LogP contribution in [0.25, 0.3) is 0 Å². The summed E-state index contributed by atoms with van der Waals surface area (Å²) in [6.45, 7) is 1.48. The number of nitrogens with one attached hydrogen (secondary N) is 2. The largest absolute Gasteiger partial charge is 0.379 e. The standard InChI is InChI=1S/C17H21N3O5S/c1-18-26(23,24)15-8-9-16(17(12-15)20(21)22)19-10-5-11-25-13-14-6-3-2-4-7-14/h2-4,6-9,12,18-19H,5,10-11,13H2,1H3. The van der Waals surface area contributed by atoms with Crippen molar-refractivity contribution >= 4 is 21.4 Å². The highest BCUT2D eigenvalue weighted by molar-refractivity contribution is 7.89. The number of benzene rings is 2. The van der Waals surface area contributed by atoms with E-state index in [1.54, 1.807) is 0 Å². The lowest BCUT2D eigenvalue weighted by Crippen LogP contribution is -2.18. The lowest BCUT2D eigenvalue weighted by molar-refractivity contribution is -0.384. The van der Waals surface area contributed by atoms with Gasteiger partial charge in [0.2, 0.25) is 10.0 Å². The van der Waals surface area contributed by atoms with Crippen molar-refractivity contribution in [2.24, 2.45) is 0 Å². The molecule has 9 heteroatoms. The van der Waals surface area contributed by atoms with Gasteiger partial charge in [0.15, 0.2) is 0 Å². The van der Waals surface area contributed by atoms with Gasteiger partial charge in [0.05, 0.1) is 16.4 Å². The Bertz CT molecular complexity index is 841. The van der Waals surface area contributed by atoms with Crippen LogP contribution in [-0.2, 0) is 21.4 Å². The van der Waals surface area contributed by atoms with E-state index >= 15 is 0 Å². The number of rotatable bonds is 10. The second-order valence-electron chi connectivity index (χ2n) is 5.46. The number of nitro groups is 1. The number of anilines is 1. The highest BCUT2D eigenvalue weighted by Crippen LogP contribution is 2.27. The van der Waals surface area contributed by atoms with E-state index in [2.05, 4.69) is 10.0 Å². The highest BCUT2D eigenvalue weighted by atomic mass is 32.2. The van der Waals surface area contributed by atoms with E-state index in [0.29, 0.717) is 26.2 Å². The van der Waals surface area contributed by atoms with Gasteiger partial charge in [-0.05, 0) is 31.2 Å². The van der Waals surface area contributed by atoms with Crippen molar-refractivity contribution < 1.29 is 18.1 Å². The van der Waals surface area contributed by atoms with Crippen molar-refractivity contribution in [2.75, 3.05) is 25.5 Å². The molecular formula is C17H21N3O5S. The summed E-state index contributed by atoms with van der Waals surface area (Å²) in [5.41, 5.74) is 1.07. The van der Waals surface area contributed by atoms with Gasteiger partial charge in [0.1, 0.15) is 5.69 Å². The Morgan fingerprint density at radius 2 is 1.88 bits per heavy atom. The van der Waals surface area contributed by atoms with Crippen LogP contribution in [0.15, 0.2) is 53.4 Å². The van der Waals surface area contributed by atoms with Crippen LogP contribution in [0.5, 0.6) is 0 Å². The molecule has 0 aliphatic carbocycles. The van der Waals surface area contributed by atoms with E-state index in [9.17, 15) is 18.5 Å². The first-order valence-electron chi connectivity index (χ1n) is 8.01. The number of nitrogens with zero attached hydrogens (tertiary/aromatic N) is 1. The van der Waals surface area contributed by atoms with Crippen molar-refractivity contribution in [2.45, 2.75) is 17.9 Å². The van der Waals surface area contributed by atoms with Gasteiger partial charge in [0.25, 0.3) is 5.69 Å². The Morgan fingerprint density at radius 1 is 1.15 bits per heavy atom. The first-order valence-corrected chi connectivity index (χ1v) is 9.50. The fourth-order valence-corrected chi connectivity index (χ4v) is 3.01. The van der Waals surface area contributed by atoms with Crippen molar-refractivity contribution in [3.8, 4) is 0 Å². The zero-order valence-electron chi connectivity index (χ0n) is 14.3. The SMILES string of the molecule is CNS(=O)(=O)c1ccc(NCCCOCc2ccccc2)c([N+](=O)[O-])c1. The van der Waals surface area contributed by atoms with Crippen LogP contribution in [0.3, 0.4) is 0 Å². The van der Waals surface area contributed by atoms with Crippen LogP contribution >= 0.6 is 0 Å². The van der Waals surface area contributed by atoms with E-state index in [-0.39, 0.29) is 16.3 Å². The second kappa shape index (κ2) is 9.27. The van der Waals surface area contributed by atoms with Crippen molar-refractivity contribution in [1.29, 1.82) is 0 Å². The van der Waals surface area contributed by atoms with Crippen LogP contribution < -0.4 is 10.0 Å². The molecule has 0 amide bonds. The molecule has 0 atom stereocenters. The predicted octanol–water partition coefficient (Wildman–Crippen LogP) is 2.52. The van der Waals surface area contributed by atoms with Gasteiger partial charge < -0.3 is 10.1 Å². The zero-order chi connectivity index (χ0) is 19.0. The number of ether oxygens (including phenoxy) is 1. The molecule has 0 spiro atoms. The van der Waals surface area contributed by atoms with E-state index in [4.69, 9.17) is 4.74 Å². The average Bonchev–Trinajstić information content (AvgIpc) is 2.65. The quantitative estimate of drug-likeness (QED) is 0.373. The normalized spacial score (nSPS) is 11.3. The Labute approximate surface area is 152 Å².